The van der Waals surface area contributed by atoms with Crippen LogP contribution in [0, 0.1) is 6.92 Å². The van der Waals surface area contributed by atoms with Gasteiger partial charge in [0.2, 0.25) is 0 Å². The third kappa shape index (κ3) is 2.88. The number of aryl methyl sites for hydroxylation is 1. The largest absolute Gasteiger partial charge is 0.383 e. The van der Waals surface area contributed by atoms with Gasteiger partial charge in [0.1, 0.15) is 5.82 Å². The monoisotopic (exact) mass is 276 g/mol. The highest BCUT2D eigenvalue weighted by Crippen LogP contribution is 2.22. The lowest BCUT2D eigenvalue weighted by Crippen LogP contribution is -2.29. The summed E-state index contributed by atoms with van der Waals surface area (Å²) in [6, 6.07) is 2.01. The normalized spacial score (nSPS) is 10.8. The highest BCUT2D eigenvalue weighted by Gasteiger charge is 2.16. The Morgan fingerprint density at radius 1 is 1.35 bits per heavy atom. The Morgan fingerprint density at radius 2 is 2.10 bits per heavy atom. The first-order valence-corrected chi connectivity index (χ1v) is 6.54. The van der Waals surface area contributed by atoms with Gasteiger partial charge < -0.3 is 15.4 Å². The minimum atomic E-state index is 0.361. The second-order valence-electron chi connectivity index (χ2n) is 4.39. The molecule has 20 heavy (non-hydrogen) atoms. The van der Waals surface area contributed by atoms with Crippen molar-refractivity contribution in [2.75, 3.05) is 37.4 Å². The van der Waals surface area contributed by atoms with Gasteiger partial charge in [-0.25, -0.2) is 9.97 Å². The van der Waals surface area contributed by atoms with Crippen LogP contribution in [0.25, 0.3) is 5.82 Å². The van der Waals surface area contributed by atoms with Crippen molar-refractivity contribution in [2.24, 2.45) is 0 Å². The molecule has 2 N–H and O–H groups in total. The lowest BCUT2D eigenvalue weighted by atomic mass is 10.4. The van der Waals surface area contributed by atoms with Crippen molar-refractivity contribution in [3.8, 4) is 5.82 Å². The van der Waals surface area contributed by atoms with Crippen LogP contribution in [0.3, 0.4) is 0 Å². The Morgan fingerprint density at radius 3 is 2.75 bits per heavy atom. The fourth-order valence-electron chi connectivity index (χ4n) is 2.01. The second kappa shape index (κ2) is 6.33. The van der Waals surface area contributed by atoms with Gasteiger partial charge in [-0.2, -0.15) is 9.78 Å². The van der Waals surface area contributed by atoms with Crippen LogP contribution in [-0.4, -0.2) is 46.6 Å². The van der Waals surface area contributed by atoms with Crippen LogP contribution in [0.5, 0.6) is 0 Å². The number of methoxy groups -OCH3 is 1. The molecule has 7 heteroatoms. The van der Waals surface area contributed by atoms with Gasteiger partial charge in [-0.05, 0) is 13.8 Å². The van der Waals surface area contributed by atoms with Crippen molar-refractivity contribution in [1.82, 2.24) is 19.7 Å². The summed E-state index contributed by atoms with van der Waals surface area (Å²) in [5.74, 6) is 1.85. The van der Waals surface area contributed by atoms with E-state index in [1.807, 2.05) is 13.0 Å². The van der Waals surface area contributed by atoms with Gasteiger partial charge in [-0.15, -0.1) is 0 Å². The molecular formula is C13H20N6O. The molecule has 2 aromatic heterocycles. The van der Waals surface area contributed by atoms with Crippen molar-refractivity contribution in [2.45, 2.75) is 13.8 Å². The average Bonchev–Trinajstić information content (AvgIpc) is 2.82. The Hall–Kier alpha value is -2.15. The molecule has 0 saturated heterocycles. The molecule has 0 saturated carbocycles. The molecule has 0 aromatic carbocycles. The molecule has 0 amide bonds. The summed E-state index contributed by atoms with van der Waals surface area (Å²) in [5, 5.41) is 4.47. The smallest absolute Gasteiger partial charge is 0.198 e. The molecule has 0 aliphatic heterocycles. The summed E-state index contributed by atoms with van der Waals surface area (Å²) in [7, 11) is 1.69. The van der Waals surface area contributed by atoms with E-state index in [1.165, 1.54) is 0 Å². The number of nitrogens with two attached hydrogens (primary N) is 1. The molecule has 2 rings (SSSR count). The molecule has 0 aliphatic rings. The molecule has 2 heterocycles. The van der Waals surface area contributed by atoms with Crippen molar-refractivity contribution in [3.05, 3.63) is 24.2 Å². The highest BCUT2D eigenvalue weighted by molar-refractivity contribution is 5.53. The lowest BCUT2D eigenvalue weighted by Gasteiger charge is -2.23. The number of nitrogen functional groups attached to an aromatic ring is 1. The third-order valence-corrected chi connectivity index (χ3v) is 2.99. The fraction of sp³-hybridized carbons (Fsp3) is 0.462. The minimum absolute atomic E-state index is 0.361. The number of nitrogens with zero attached hydrogens (tertiary/aromatic N) is 5. The van der Waals surface area contributed by atoms with Crippen LogP contribution in [0.4, 0.5) is 11.6 Å². The summed E-state index contributed by atoms with van der Waals surface area (Å²) in [4.78, 5) is 10.5. The zero-order chi connectivity index (χ0) is 14.5. The molecule has 0 aliphatic carbocycles. The van der Waals surface area contributed by atoms with Gasteiger partial charge in [0.15, 0.2) is 11.6 Å². The summed E-state index contributed by atoms with van der Waals surface area (Å²) >= 11 is 0. The molecule has 108 valence electrons. The van der Waals surface area contributed by atoms with Gasteiger partial charge >= 0.3 is 0 Å². The van der Waals surface area contributed by atoms with E-state index < -0.39 is 0 Å². The number of aromatic nitrogens is 4. The molecule has 0 bridgehead atoms. The molecule has 0 spiro atoms. The average molecular weight is 276 g/mol. The maximum atomic E-state index is 5.89. The van der Waals surface area contributed by atoms with E-state index in [0.717, 1.165) is 24.6 Å². The summed E-state index contributed by atoms with van der Waals surface area (Å²) in [5.41, 5.74) is 6.80. The SMILES string of the molecule is CCN(CCOC)c1cc(C)nn1-c1nccnc1N. The van der Waals surface area contributed by atoms with Gasteiger partial charge in [0.05, 0.1) is 12.3 Å². The molecule has 0 atom stereocenters. The van der Waals surface area contributed by atoms with E-state index >= 15 is 0 Å². The quantitative estimate of drug-likeness (QED) is 0.848. The van der Waals surface area contributed by atoms with E-state index in [9.17, 15) is 0 Å². The fourth-order valence-corrected chi connectivity index (χ4v) is 2.01. The van der Waals surface area contributed by atoms with Gasteiger partial charge in [-0.1, -0.05) is 0 Å². The van der Waals surface area contributed by atoms with Crippen LogP contribution < -0.4 is 10.6 Å². The Labute approximate surface area is 118 Å². The number of hydrogen-bond acceptors (Lipinski definition) is 6. The van der Waals surface area contributed by atoms with Crippen LogP contribution >= 0.6 is 0 Å². The van der Waals surface area contributed by atoms with E-state index in [2.05, 4.69) is 26.9 Å². The van der Waals surface area contributed by atoms with Gasteiger partial charge in [-0.3, -0.25) is 0 Å². The van der Waals surface area contributed by atoms with Crippen molar-refractivity contribution in [3.63, 3.8) is 0 Å². The zero-order valence-electron chi connectivity index (χ0n) is 12.1. The van der Waals surface area contributed by atoms with E-state index in [-0.39, 0.29) is 0 Å². The maximum Gasteiger partial charge on any atom is 0.198 e. The Kier molecular flexibility index (Phi) is 4.52. The molecule has 0 fully saturated rings. The van der Waals surface area contributed by atoms with Gasteiger partial charge in [0, 0.05) is 38.7 Å². The standard InChI is InChI=1S/C13H20N6O/c1-4-18(7-8-20-3)11-9-10(2)17-19(11)13-12(14)15-5-6-16-13/h5-6,9H,4,7-8H2,1-3H3,(H2,14,15). The molecule has 7 nitrogen and oxygen atoms in total. The molecular weight excluding hydrogens is 256 g/mol. The highest BCUT2D eigenvalue weighted by atomic mass is 16.5. The number of rotatable bonds is 6. The first-order chi connectivity index (χ1) is 9.67. The Balaban J connectivity index is 2.42. The first kappa shape index (κ1) is 14.3. The number of likely N-dealkylation sites (N-methyl/N-ethyl adjacent to an activating group) is 1. The van der Waals surface area contributed by atoms with Crippen LogP contribution in [-0.2, 0) is 4.74 Å². The number of anilines is 2. The third-order valence-electron chi connectivity index (χ3n) is 2.99. The van der Waals surface area contributed by atoms with Gasteiger partial charge in [0.25, 0.3) is 0 Å². The van der Waals surface area contributed by atoms with Crippen LogP contribution in [0.1, 0.15) is 12.6 Å². The summed E-state index contributed by atoms with van der Waals surface area (Å²) in [6.45, 7) is 6.29. The topological polar surface area (TPSA) is 82.1 Å². The van der Waals surface area contributed by atoms with E-state index in [1.54, 1.807) is 24.2 Å². The lowest BCUT2D eigenvalue weighted by molar-refractivity contribution is 0.205. The molecule has 0 unspecified atom stereocenters. The van der Waals surface area contributed by atoms with Crippen molar-refractivity contribution >= 4 is 11.6 Å². The zero-order valence-corrected chi connectivity index (χ0v) is 12.1. The second-order valence-corrected chi connectivity index (χ2v) is 4.39. The minimum Gasteiger partial charge on any atom is -0.383 e. The van der Waals surface area contributed by atoms with Crippen molar-refractivity contribution in [1.29, 1.82) is 0 Å². The maximum absolute atomic E-state index is 5.89. The van der Waals surface area contributed by atoms with Crippen LogP contribution in [0.15, 0.2) is 18.5 Å². The summed E-state index contributed by atoms with van der Waals surface area (Å²) < 4.78 is 6.88. The molecule has 0 radical (unpaired) electrons. The number of ether oxygens (including phenoxy) is 1. The molecule has 2 aromatic rings. The predicted molar refractivity (Wildman–Crippen MR) is 78.1 cm³/mol. The van der Waals surface area contributed by atoms with Crippen molar-refractivity contribution < 1.29 is 4.74 Å². The predicted octanol–water partition coefficient (Wildman–Crippen LogP) is 1.03. The number of hydrogen-bond donors (Lipinski definition) is 1. The summed E-state index contributed by atoms with van der Waals surface area (Å²) in [6.07, 6.45) is 3.18. The van der Waals surface area contributed by atoms with E-state index in [0.29, 0.717) is 18.2 Å². The Bertz CT molecular complexity index is 568. The van der Waals surface area contributed by atoms with Crippen LogP contribution in [0.2, 0.25) is 0 Å². The first-order valence-electron chi connectivity index (χ1n) is 6.54. The van der Waals surface area contributed by atoms with E-state index in [4.69, 9.17) is 10.5 Å².